The van der Waals surface area contributed by atoms with Gasteiger partial charge in [0.1, 0.15) is 0 Å². The van der Waals surface area contributed by atoms with Gasteiger partial charge in [0.05, 0.1) is 5.56 Å². The van der Waals surface area contributed by atoms with Crippen molar-refractivity contribution in [1.29, 1.82) is 0 Å². The molecular weight excluding hydrogens is 228 g/mol. The third kappa shape index (κ3) is 4.37. The molecule has 0 bridgehead atoms. The first-order chi connectivity index (χ1) is 8.69. The van der Waals surface area contributed by atoms with E-state index >= 15 is 0 Å². The van der Waals surface area contributed by atoms with E-state index < -0.39 is 0 Å². The Morgan fingerprint density at radius 2 is 2.11 bits per heavy atom. The Labute approximate surface area is 108 Å². The molecule has 0 saturated carbocycles. The number of anilines is 1. The molecule has 0 saturated heterocycles. The SMILES string of the molecule is CCCNc1ccccc1C(=O)NCC(C)CO. The Hall–Kier alpha value is -1.55. The Kier molecular flexibility index (Phi) is 6.22. The Balaban J connectivity index is 2.66. The molecule has 0 aliphatic heterocycles. The van der Waals surface area contributed by atoms with Gasteiger partial charge in [-0.05, 0) is 24.5 Å². The lowest BCUT2D eigenvalue weighted by atomic mass is 10.1. The minimum absolute atomic E-state index is 0.0738. The summed E-state index contributed by atoms with van der Waals surface area (Å²) in [6.07, 6.45) is 1.01. The Morgan fingerprint density at radius 1 is 1.39 bits per heavy atom. The van der Waals surface area contributed by atoms with Gasteiger partial charge >= 0.3 is 0 Å². The highest BCUT2D eigenvalue weighted by atomic mass is 16.3. The molecule has 4 heteroatoms. The molecule has 0 fully saturated rings. The Morgan fingerprint density at radius 3 is 2.78 bits per heavy atom. The summed E-state index contributed by atoms with van der Waals surface area (Å²) in [5, 5.41) is 15.0. The normalized spacial score (nSPS) is 11.9. The van der Waals surface area contributed by atoms with E-state index in [1.807, 2.05) is 25.1 Å². The van der Waals surface area contributed by atoms with Gasteiger partial charge in [-0.15, -0.1) is 0 Å². The number of nitrogens with one attached hydrogen (secondary N) is 2. The highest BCUT2D eigenvalue weighted by molar-refractivity contribution is 5.99. The van der Waals surface area contributed by atoms with Crippen LogP contribution in [0.25, 0.3) is 0 Å². The molecule has 100 valence electrons. The molecule has 1 aromatic carbocycles. The molecule has 1 amide bonds. The molecule has 1 rings (SSSR count). The third-order valence-electron chi connectivity index (χ3n) is 2.66. The molecule has 1 aromatic rings. The maximum Gasteiger partial charge on any atom is 0.253 e. The average Bonchev–Trinajstić information content (AvgIpc) is 2.42. The predicted octanol–water partition coefficient (Wildman–Crippen LogP) is 1.87. The lowest BCUT2D eigenvalue weighted by Crippen LogP contribution is -2.30. The molecule has 0 heterocycles. The number of amides is 1. The van der Waals surface area contributed by atoms with Gasteiger partial charge in [0.25, 0.3) is 5.91 Å². The molecule has 3 N–H and O–H groups in total. The summed E-state index contributed by atoms with van der Waals surface area (Å²) in [4.78, 5) is 12.0. The van der Waals surface area contributed by atoms with Crippen LogP contribution in [0.3, 0.4) is 0 Å². The topological polar surface area (TPSA) is 61.4 Å². The van der Waals surface area contributed by atoms with Crippen LogP contribution in [-0.2, 0) is 0 Å². The largest absolute Gasteiger partial charge is 0.396 e. The molecule has 0 radical (unpaired) electrons. The molecule has 1 unspecified atom stereocenters. The zero-order valence-corrected chi connectivity index (χ0v) is 11.1. The summed E-state index contributed by atoms with van der Waals surface area (Å²) in [7, 11) is 0. The van der Waals surface area contributed by atoms with Gasteiger partial charge in [0.2, 0.25) is 0 Å². The fourth-order valence-corrected chi connectivity index (χ4v) is 1.52. The lowest BCUT2D eigenvalue weighted by Gasteiger charge is -2.13. The third-order valence-corrected chi connectivity index (χ3v) is 2.66. The first kappa shape index (κ1) is 14.5. The van der Waals surface area contributed by atoms with Crippen molar-refractivity contribution in [2.24, 2.45) is 5.92 Å². The van der Waals surface area contributed by atoms with Crippen molar-refractivity contribution < 1.29 is 9.90 Å². The average molecular weight is 250 g/mol. The summed E-state index contributed by atoms with van der Waals surface area (Å²) < 4.78 is 0. The van der Waals surface area contributed by atoms with Crippen LogP contribution in [0, 0.1) is 5.92 Å². The van der Waals surface area contributed by atoms with Crippen molar-refractivity contribution in [3.05, 3.63) is 29.8 Å². The van der Waals surface area contributed by atoms with Gasteiger partial charge in [0, 0.05) is 25.4 Å². The number of aliphatic hydroxyl groups excluding tert-OH is 1. The number of carbonyl (C=O) groups is 1. The van der Waals surface area contributed by atoms with Crippen molar-refractivity contribution in [3.8, 4) is 0 Å². The van der Waals surface area contributed by atoms with E-state index in [9.17, 15) is 4.79 Å². The highest BCUT2D eigenvalue weighted by Crippen LogP contribution is 2.14. The van der Waals surface area contributed by atoms with Crippen LogP contribution in [0.1, 0.15) is 30.6 Å². The number of para-hydroxylation sites is 1. The van der Waals surface area contributed by atoms with Gasteiger partial charge in [-0.1, -0.05) is 26.0 Å². The van der Waals surface area contributed by atoms with Gasteiger partial charge in [-0.25, -0.2) is 0 Å². The summed E-state index contributed by atoms with van der Waals surface area (Å²) >= 11 is 0. The quantitative estimate of drug-likeness (QED) is 0.692. The van der Waals surface area contributed by atoms with Crippen LogP contribution >= 0.6 is 0 Å². The first-order valence-corrected chi connectivity index (χ1v) is 6.41. The molecule has 0 aliphatic carbocycles. The fraction of sp³-hybridized carbons (Fsp3) is 0.500. The number of benzene rings is 1. The van der Waals surface area contributed by atoms with Crippen molar-refractivity contribution in [2.45, 2.75) is 20.3 Å². The second-order valence-corrected chi connectivity index (χ2v) is 4.47. The lowest BCUT2D eigenvalue weighted by molar-refractivity contribution is 0.0943. The number of hydrogen-bond donors (Lipinski definition) is 3. The maximum absolute atomic E-state index is 12.0. The molecule has 4 nitrogen and oxygen atoms in total. The van der Waals surface area contributed by atoms with E-state index in [0.717, 1.165) is 18.7 Å². The number of hydrogen-bond acceptors (Lipinski definition) is 3. The Bertz CT molecular complexity index is 380. The van der Waals surface area contributed by atoms with Crippen LogP contribution < -0.4 is 10.6 Å². The van der Waals surface area contributed by atoms with Gasteiger partial charge in [0.15, 0.2) is 0 Å². The molecule has 18 heavy (non-hydrogen) atoms. The van der Waals surface area contributed by atoms with Crippen LogP contribution in [-0.4, -0.2) is 30.7 Å². The predicted molar refractivity (Wildman–Crippen MR) is 73.8 cm³/mol. The van der Waals surface area contributed by atoms with Crippen LogP contribution in [0.5, 0.6) is 0 Å². The van der Waals surface area contributed by atoms with Crippen molar-refractivity contribution >= 4 is 11.6 Å². The summed E-state index contributed by atoms with van der Waals surface area (Å²) in [6, 6.07) is 7.46. The highest BCUT2D eigenvalue weighted by Gasteiger charge is 2.11. The van der Waals surface area contributed by atoms with E-state index in [1.165, 1.54) is 0 Å². The van der Waals surface area contributed by atoms with Gasteiger partial charge in [-0.2, -0.15) is 0 Å². The van der Waals surface area contributed by atoms with Crippen molar-refractivity contribution in [2.75, 3.05) is 25.0 Å². The summed E-state index contributed by atoms with van der Waals surface area (Å²) in [6.45, 7) is 5.38. The fourth-order valence-electron chi connectivity index (χ4n) is 1.52. The number of aliphatic hydroxyl groups is 1. The molecule has 0 aliphatic rings. The summed E-state index contributed by atoms with van der Waals surface area (Å²) in [5.41, 5.74) is 1.50. The maximum atomic E-state index is 12.0. The van der Waals surface area contributed by atoms with E-state index in [-0.39, 0.29) is 18.4 Å². The zero-order chi connectivity index (χ0) is 13.4. The van der Waals surface area contributed by atoms with Gasteiger partial charge in [-0.3, -0.25) is 4.79 Å². The van der Waals surface area contributed by atoms with Crippen LogP contribution in [0.4, 0.5) is 5.69 Å². The van der Waals surface area contributed by atoms with Crippen LogP contribution in [0.15, 0.2) is 24.3 Å². The minimum atomic E-state index is -0.102. The smallest absolute Gasteiger partial charge is 0.253 e. The summed E-state index contributed by atoms with van der Waals surface area (Å²) in [5.74, 6) is -0.0285. The molecule has 0 aromatic heterocycles. The second kappa shape index (κ2) is 7.71. The minimum Gasteiger partial charge on any atom is -0.396 e. The monoisotopic (exact) mass is 250 g/mol. The number of rotatable bonds is 7. The van der Waals surface area contributed by atoms with Crippen molar-refractivity contribution in [3.63, 3.8) is 0 Å². The van der Waals surface area contributed by atoms with E-state index in [4.69, 9.17) is 5.11 Å². The first-order valence-electron chi connectivity index (χ1n) is 6.41. The molecule has 1 atom stereocenters. The van der Waals surface area contributed by atoms with E-state index in [0.29, 0.717) is 12.1 Å². The van der Waals surface area contributed by atoms with E-state index in [2.05, 4.69) is 17.6 Å². The van der Waals surface area contributed by atoms with Gasteiger partial charge < -0.3 is 15.7 Å². The van der Waals surface area contributed by atoms with E-state index in [1.54, 1.807) is 6.07 Å². The molecular formula is C14H22N2O2. The second-order valence-electron chi connectivity index (χ2n) is 4.47. The number of carbonyl (C=O) groups excluding carboxylic acids is 1. The zero-order valence-electron chi connectivity index (χ0n) is 11.1. The molecule has 0 spiro atoms. The van der Waals surface area contributed by atoms with Crippen molar-refractivity contribution in [1.82, 2.24) is 5.32 Å². The van der Waals surface area contributed by atoms with Crippen LogP contribution in [0.2, 0.25) is 0 Å². The standard InChI is InChI=1S/C14H22N2O2/c1-3-8-15-13-7-5-4-6-12(13)14(18)16-9-11(2)10-17/h4-7,11,15,17H,3,8-10H2,1-2H3,(H,16,18).